The molecule has 2 aromatic carbocycles. The number of amides is 2. The smallest absolute Gasteiger partial charge is 0.229 e. The second kappa shape index (κ2) is 7.20. The zero-order valence-electron chi connectivity index (χ0n) is 14.9. The summed E-state index contributed by atoms with van der Waals surface area (Å²) in [5.41, 5.74) is 3.13. The summed E-state index contributed by atoms with van der Waals surface area (Å²) in [5, 5.41) is 2.91. The van der Waals surface area contributed by atoms with E-state index >= 15 is 0 Å². The van der Waals surface area contributed by atoms with Crippen molar-refractivity contribution in [1.29, 1.82) is 0 Å². The summed E-state index contributed by atoms with van der Waals surface area (Å²) in [5.74, 6) is 0.169. The van der Waals surface area contributed by atoms with E-state index in [9.17, 15) is 9.59 Å². The lowest BCUT2D eigenvalue weighted by molar-refractivity contribution is -0.122. The molecule has 1 fully saturated rings. The number of carbonyl (C=O) groups is 2. The first-order valence-electron chi connectivity index (χ1n) is 8.78. The molecular formula is C20H20N4O3. The average Bonchev–Trinajstić information content (AvgIpc) is 3.25. The van der Waals surface area contributed by atoms with Crippen LogP contribution < -0.4 is 10.2 Å². The van der Waals surface area contributed by atoms with E-state index in [0.29, 0.717) is 18.8 Å². The number of benzene rings is 2. The van der Waals surface area contributed by atoms with E-state index in [-0.39, 0.29) is 24.2 Å². The molecule has 2 amide bonds. The van der Waals surface area contributed by atoms with Crippen LogP contribution in [0.1, 0.15) is 12.2 Å². The van der Waals surface area contributed by atoms with Gasteiger partial charge in [-0.1, -0.05) is 18.2 Å². The number of ether oxygens (including phenoxy) is 1. The molecule has 0 bridgehead atoms. The van der Waals surface area contributed by atoms with E-state index in [0.717, 1.165) is 22.5 Å². The number of methoxy groups -OCH3 is 1. The molecule has 2 N–H and O–H groups in total. The second-order valence-electron chi connectivity index (χ2n) is 6.58. The fourth-order valence-corrected chi connectivity index (χ4v) is 3.33. The number of hydrogen-bond donors (Lipinski definition) is 2. The lowest BCUT2D eigenvalue weighted by Crippen LogP contribution is -2.28. The molecular weight excluding hydrogens is 344 g/mol. The van der Waals surface area contributed by atoms with E-state index in [1.54, 1.807) is 12.0 Å². The van der Waals surface area contributed by atoms with Crippen LogP contribution in [0.15, 0.2) is 48.5 Å². The van der Waals surface area contributed by atoms with Gasteiger partial charge in [-0.3, -0.25) is 9.59 Å². The Balaban J connectivity index is 1.46. The highest BCUT2D eigenvalue weighted by Gasteiger charge is 2.35. The van der Waals surface area contributed by atoms with Crippen LogP contribution in [-0.4, -0.2) is 35.4 Å². The summed E-state index contributed by atoms with van der Waals surface area (Å²) in [7, 11) is 1.61. The van der Waals surface area contributed by atoms with Gasteiger partial charge >= 0.3 is 0 Å². The molecule has 2 heterocycles. The number of para-hydroxylation sites is 1. The van der Waals surface area contributed by atoms with Crippen LogP contribution in [0.3, 0.4) is 0 Å². The predicted octanol–water partition coefficient (Wildman–Crippen LogP) is 2.70. The minimum Gasteiger partial charge on any atom is -0.377 e. The van der Waals surface area contributed by atoms with Crippen molar-refractivity contribution in [3.8, 4) is 0 Å². The van der Waals surface area contributed by atoms with Crippen LogP contribution in [0, 0.1) is 5.92 Å². The summed E-state index contributed by atoms with van der Waals surface area (Å²) < 4.78 is 5.08. The Morgan fingerprint density at radius 2 is 2.11 bits per heavy atom. The summed E-state index contributed by atoms with van der Waals surface area (Å²) in [6, 6.07) is 14.9. The number of anilines is 2. The molecule has 1 aromatic heterocycles. The number of nitrogens with zero attached hydrogens (tertiary/aromatic N) is 2. The van der Waals surface area contributed by atoms with Crippen molar-refractivity contribution in [2.45, 2.75) is 13.0 Å². The van der Waals surface area contributed by atoms with Gasteiger partial charge in [0, 0.05) is 31.5 Å². The molecule has 0 spiro atoms. The number of nitrogens with one attached hydrogen (secondary N) is 2. The van der Waals surface area contributed by atoms with Gasteiger partial charge in [0.1, 0.15) is 12.4 Å². The van der Waals surface area contributed by atoms with Gasteiger partial charge in [0.05, 0.1) is 17.0 Å². The van der Waals surface area contributed by atoms with Crippen molar-refractivity contribution in [2.24, 2.45) is 5.92 Å². The Kier molecular flexibility index (Phi) is 4.60. The maximum atomic E-state index is 12.6. The lowest BCUT2D eigenvalue weighted by atomic mass is 10.1. The summed E-state index contributed by atoms with van der Waals surface area (Å²) >= 11 is 0. The molecule has 1 aliphatic heterocycles. The third-order valence-electron chi connectivity index (χ3n) is 4.64. The molecule has 138 valence electrons. The number of rotatable bonds is 5. The highest BCUT2D eigenvalue weighted by Crippen LogP contribution is 2.26. The number of aromatic amines is 1. The maximum absolute atomic E-state index is 12.6. The highest BCUT2D eigenvalue weighted by molar-refractivity contribution is 6.03. The van der Waals surface area contributed by atoms with E-state index in [2.05, 4.69) is 15.3 Å². The monoisotopic (exact) mass is 364 g/mol. The topological polar surface area (TPSA) is 87.3 Å². The minimum atomic E-state index is -0.376. The van der Waals surface area contributed by atoms with Crippen molar-refractivity contribution < 1.29 is 14.3 Å². The second-order valence-corrected chi connectivity index (χ2v) is 6.58. The Labute approximate surface area is 156 Å². The summed E-state index contributed by atoms with van der Waals surface area (Å²) in [4.78, 5) is 34.2. The number of H-pyrrole nitrogens is 1. The standard InChI is InChI=1S/C20H20N4O3/c1-27-12-18-22-16-8-7-14(10-17(16)23-18)21-20(26)13-9-19(25)24(11-13)15-5-3-2-4-6-15/h2-8,10,13H,9,11-12H2,1H3,(H,21,26)(H,22,23)/t13-/m1/s1. The molecule has 0 unspecified atom stereocenters. The Morgan fingerprint density at radius 3 is 2.89 bits per heavy atom. The molecule has 1 saturated heterocycles. The van der Waals surface area contributed by atoms with Crippen LogP contribution in [0.2, 0.25) is 0 Å². The van der Waals surface area contributed by atoms with Crippen molar-refractivity contribution in [3.63, 3.8) is 0 Å². The van der Waals surface area contributed by atoms with Crippen molar-refractivity contribution in [3.05, 3.63) is 54.4 Å². The minimum absolute atomic E-state index is 0.0328. The van der Waals surface area contributed by atoms with Gasteiger partial charge in [-0.2, -0.15) is 0 Å². The molecule has 0 aliphatic carbocycles. The van der Waals surface area contributed by atoms with Crippen molar-refractivity contribution in [1.82, 2.24) is 9.97 Å². The van der Waals surface area contributed by atoms with Crippen LogP contribution >= 0.6 is 0 Å². The average molecular weight is 364 g/mol. The molecule has 4 rings (SSSR count). The van der Waals surface area contributed by atoms with Gasteiger partial charge in [-0.05, 0) is 30.3 Å². The molecule has 7 nitrogen and oxygen atoms in total. The number of hydrogen-bond acceptors (Lipinski definition) is 4. The van der Waals surface area contributed by atoms with Crippen LogP contribution in [-0.2, 0) is 20.9 Å². The van der Waals surface area contributed by atoms with Gasteiger partial charge in [0.2, 0.25) is 11.8 Å². The first-order valence-corrected chi connectivity index (χ1v) is 8.78. The molecule has 0 saturated carbocycles. The van der Waals surface area contributed by atoms with Gasteiger partial charge in [0.25, 0.3) is 0 Å². The number of fused-ring (bicyclic) bond motifs is 1. The maximum Gasteiger partial charge on any atom is 0.229 e. The van der Waals surface area contributed by atoms with Crippen molar-refractivity contribution in [2.75, 3.05) is 23.9 Å². The molecule has 3 aromatic rings. The fraction of sp³-hybridized carbons (Fsp3) is 0.250. The summed E-state index contributed by atoms with van der Waals surface area (Å²) in [6.07, 6.45) is 0.213. The zero-order valence-corrected chi connectivity index (χ0v) is 14.9. The van der Waals surface area contributed by atoms with Crippen molar-refractivity contribution >= 4 is 34.2 Å². The molecule has 0 radical (unpaired) electrons. The fourth-order valence-electron chi connectivity index (χ4n) is 3.33. The van der Waals surface area contributed by atoms with Gasteiger partial charge in [-0.25, -0.2) is 4.98 Å². The highest BCUT2D eigenvalue weighted by atomic mass is 16.5. The third-order valence-corrected chi connectivity index (χ3v) is 4.64. The zero-order chi connectivity index (χ0) is 18.8. The molecule has 27 heavy (non-hydrogen) atoms. The number of aromatic nitrogens is 2. The Bertz CT molecular complexity index is 983. The van der Waals surface area contributed by atoms with E-state index in [4.69, 9.17) is 4.74 Å². The Hall–Kier alpha value is -3.19. The van der Waals surface area contributed by atoms with Gasteiger partial charge in [0.15, 0.2) is 0 Å². The van der Waals surface area contributed by atoms with E-state index < -0.39 is 0 Å². The first-order chi connectivity index (χ1) is 13.1. The van der Waals surface area contributed by atoms with Crippen LogP contribution in [0.4, 0.5) is 11.4 Å². The third kappa shape index (κ3) is 3.54. The number of imidazole rings is 1. The van der Waals surface area contributed by atoms with Crippen LogP contribution in [0.25, 0.3) is 11.0 Å². The summed E-state index contributed by atoms with van der Waals surface area (Å²) in [6.45, 7) is 0.787. The first kappa shape index (κ1) is 17.2. The van der Waals surface area contributed by atoms with Crippen LogP contribution in [0.5, 0.6) is 0 Å². The largest absolute Gasteiger partial charge is 0.377 e. The van der Waals surface area contributed by atoms with E-state index in [1.165, 1.54) is 0 Å². The Morgan fingerprint density at radius 1 is 1.30 bits per heavy atom. The quantitative estimate of drug-likeness (QED) is 0.729. The van der Waals surface area contributed by atoms with Gasteiger partial charge in [-0.15, -0.1) is 0 Å². The molecule has 7 heteroatoms. The lowest BCUT2D eigenvalue weighted by Gasteiger charge is -2.16. The normalized spacial score (nSPS) is 16.9. The molecule has 1 atom stereocenters. The number of carbonyl (C=O) groups excluding carboxylic acids is 2. The molecule has 1 aliphatic rings. The van der Waals surface area contributed by atoms with Gasteiger partial charge < -0.3 is 19.9 Å². The van der Waals surface area contributed by atoms with E-state index in [1.807, 2.05) is 48.5 Å². The SMILES string of the molecule is COCc1nc2ccc(NC(=O)[C@@H]3CC(=O)N(c4ccccc4)C3)cc2[nH]1. The predicted molar refractivity (Wildman–Crippen MR) is 102 cm³/mol.